The fraction of sp³-hybridized carbons (Fsp3) is 0.200. The topological polar surface area (TPSA) is 40.5 Å². The molecule has 0 atom stereocenters. The average Bonchev–Trinajstić information content (AvgIpc) is 2.14. The Hall–Kier alpha value is -1.49. The molecule has 0 bridgehead atoms. The number of rotatable bonds is 2. The number of hydrogen-bond acceptors (Lipinski definition) is 2. The van der Waals surface area contributed by atoms with E-state index in [2.05, 4.69) is 0 Å². The van der Waals surface area contributed by atoms with E-state index >= 15 is 0 Å². The molecule has 0 amide bonds. The largest absolute Gasteiger partial charge is 0.508 e. The van der Waals surface area contributed by atoms with Crippen LogP contribution in [0.5, 0.6) is 5.75 Å². The van der Waals surface area contributed by atoms with Crippen LogP contribution in [-0.2, 0) is 0 Å². The van der Waals surface area contributed by atoms with Crippen molar-refractivity contribution in [2.24, 2.45) is 0 Å². The number of benzene rings is 1. The third-order valence-corrected chi connectivity index (χ3v) is 1.78. The Morgan fingerprint density at radius 2 is 1.73 bits per heavy atom. The number of hydrogen-bond donors (Lipinski definition) is 2. The Labute approximate surface area is 84.3 Å². The molecular formula is C10H9F3O2. The van der Waals surface area contributed by atoms with Gasteiger partial charge in [0.25, 0.3) is 0 Å². The van der Waals surface area contributed by atoms with Crippen LogP contribution in [-0.4, -0.2) is 23.0 Å². The predicted molar refractivity (Wildman–Crippen MR) is 49.2 cm³/mol. The van der Waals surface area contributed by atoms with Crippen LogP contribution in [0.1, 0.15) is 5.56 Å². The number of aliphatic hydroxyl groups is 1. The van der Waals surface area contributed by atoms with Crippen molar-refractivity contribution in [3.63, 3.8) is 0 Å². The normalized spacial score (nSPS) is 12.9. The molecule has 2 nitrogen and oxygen atoms in total. The maximum Gasteiger partial charge on any atom is 0.416 e. The fourth-order valence-corrected chi connectivity index (χ4v) is 1.13. The third kappa shape index (κ3) is 2.99. The molecule has 82 valence electrons. The molecule has 0 aliphatic heterocycles. The average molecular weight is 218 g/mol. The van der Waals surface area contributed by atoms with Gasteiger partial charge in [0.1, 0.15) is 5.75 Å². The van der Waals surface area contributed by atoms with Gasteiger partial charge in [0.15, 0.2) is 0 Å². The second-order valence-corrected chi connectivity index (χ2v) is 2.85. The van der Waals surface area contributed by atoms with Gasteiger partial charge in [-0.3, -0.25) is 0 Å². The van der Waals surface area contributed by atoms with E-state index in [0.717, 1.165) is 24.3 Å². The van der Waals surface area contributed by atoms with E-state index in [1.165, 1.54) is 0 Å². The molecule has 0 aromatic heterocycles. The molecule has 0 spiro atoms. The van der Waals surface area contributed by atoms with Gasteiger partial charge >= 0.3 is 6.18 Å². The molecule has 0 saturated carbocycles. The Balaban J connectivity index is 3.11. The quantitative estimate of drug-likeness (QED) is 0.799. The highest BCUT2D eigenvalue weighted by Crippen LogP contribution is 2.34. The van der Waals surface area contributed by atoms with Crippen LogP contribution in [0, 0.1) is 0 Å². The van der Waals surface area contributed by atoms with Crippen LogP contribution in [0.15, 0.2) is 30.3 Å². The number of halogens is 3. The molecule has 5 heteroatoms. The second-order valence-electron chi connectivity index (χ2n) is 2.85. The summed E-state index contributed by atoms with van der Waals surface area (Å²) in [6.07, 6.45) is -3.83. The van der Waals surface area contributed by atoms with Gasteiger partial charge in [0, 0.05) is 0 Å². The SMILES string of the molecule is OC/C=C(\c1ccc(O)cc1)C(F)(F)F. The Kier molecular flexibility index (Phi) is 3.36. The lowest BCUT2D eigenvalue weighted by Gasteiger charge is -2.11. The second kappa shape index (κ2) is 4.35. The molecule has 0 aliphatic carbocycles. The van der Waals surface area contributed by atoms with Crippen molar-refractivity contribution in [1.82, 2.24) is 0 Å². The number of aliphatic hydroxyl groups excluding tert-OH is 1. The van der Waals surface area contributed by atoms with Gasteiger partial charge in [-0.2, -0.15) is 13.2 Å². The maximum atomic E-state index is 12.5. The summed E-state index contributed by atoms with van der Waals surface area (Å²) in [6.45, 7) is -0.685. The highest BCUT2D eigenvalue weighted by Gasteiger charge is 2.34. The van der Waals surface area contributed by atoms with E-state index in [4.69, 9.17) is 10.2 Å². The van der Waals surface area contributed by atoms with Crippen LogP contribution in [0.2, 0.25) is 0 Å². The molecule has 0 aliphatic rings. The maximum absolute atomic E-state index is 12.5. The van der Waals surface area contributed by atoms with Crippen molar-refractivity contribution in [2.45, 2.75) is 6.18 Å². The van der Waals surface area contributed by atoms with E-state index in [9.17, 15) is 13.2 Å². The van der Waals surface area contributed by atoms with Crippen molar-refractivity contribution in [3.8, 4) is 5.75 Å². The number of allylic oxidation sites excluding steroid dienone is 1. The summed E-state index contributed by atoms with van der Waals surface area (Å²) in [4.78, 5) is 0. The first-order chi connectivity index (χ1) is 6.95. The summed E-state index contributed by atoms with van der Waals surface area (Å²) in [5, 5.41) is 17.4. The van der Waals surface area contributed by atoms with Crippen LogP contribution in [0.3, 0.4) is 0 Å². The number of aromatic hydroxyl groups is 1. The van der Waals surface area contributed by atoms with Gasteiger partial charge in [-0.05, 0) is 23.8 Å². The molecule has 1 aromatic carbocycles. The summed E-state index contributed by atoms with van der Waals surface area (Å²) < 4.78 is 37.4. The lowest BCUT2D eigenvalue weighted by Crippen LogP contribution is -2.11. The molecule has 1 rings (SSSR count). The van der Waals surface area contributed by atoms with E-state index < -0.39 is 18.4 Å². The summed E-state index contributed by atoms with van der Waals surface area (Å²) in [7, 11) is 0. The van der Waals surface area contributed by atoms with Crippen molar-refractivity contribution in [2.75, 3.05) is 6.61 Å². The molecule has 0 radical (unpaired) electrons. The molecular weight excluding hydrogens is 209 g/mol. The van der Waals surface area contributed by atoms with Crippen LogP contribution in [0.4, 0.5) is 13.2 Å². The summed E-state index contributed by atoms with van der Waals surface area (Å²) in [5.41, 5.74) is -1.00. The molecule has 2 N–H and O–H groups in total. The Bertz CT molecular complexity index is 352. The lowest BCUT2D eigenvalue weighted by atomic mass is 10.1. The molecule has 1 aromatic rings. The summed E-state index contributed by atoms with van der Waals surface area (Å²) >= 11 is 0. The van der Waals surface area contributed by atoms with Gasteiger partial charge in [0.2, 0.25) is 0 Å². The predicted octanol–water partition coefficient (Wildman–Crippen LogP) is 2.33. The molecule has 0 unspecified atom stereocenters. The molecule has 0 heterocycles. The minimum Gasteiger partial charge on any atom is -0.508 e. The minimum atomic E-state index is -4.51. The van der Waals surface area contributed by atoms with Crippen LogP contribution in [0.25, 0.3) is 5.57 Å². The lowest BCUT2D eigenvalue weighted by molar-refractivity contribution is -0.0692. The van der Waals surface area contributed by atoms with Crippen molar-refractivity contribution in [1.29, 1.82) is 0 Å². The Morgan fingerprint density at radius 1 is 1.20 bits per heavy atom. The molecule has 0 saturated heterocycles. The fourth-order valence-electron chi connectivity index (χ4n) is 1.13. The third-order valence-electron chi connectivity index (χ3n) is 1.78. The summed E-state index contributed by atoms with van der Waals surface area (Å²) in [6, 6.07) is 4.60. The smallest absolute Gasteiger partial charge is 0.416 e. The monoisotopic (exact) mass is 218 g/mol. The van der Waals surface area contributed by atoms with Crippen molar-refractivity contribution < 1.29 is 23.4 Å². The zero-order valence-electron chi connectivity index (χ0n) is 7.62. The minimum absolute atomic E-state index is 0.0886. The molecule has 0 fully saturated rings. The molecule has 15 heavy (non-hydrogen) atoms. The van der Waals surface area contributed by atoms with Gasteiger partial charge in [-0.1, -0.05) is 12.1 Å². The standard InChI is InChI=1S/C10H9F3O2/c11-10(12,13)9(5-6-14)7-1-3-8(15)4-2-7/h1-5,14-15H,6H2/b9-5+. The van der Waals surface area contributed by atoms with Crippen molar-refractivity contribution >= 4 is 5.57 Å². The van der Waals surface area contributed by atoms with Crippen LogP contribution < -0.4 is 0 Å². The van der Waals surface area contributed by atoms with Crippen molar-refractivity contribution in [3.05, 3.63) is 35.9 Å². The Morgan fingerprint density at radius 3 is 2.13 bits per heavy atom. The van der Waals surface area contributed by atoms with E-state index in [1.807, 2.05) is 0 Å². The highest BCUT2D eigenvalue weighted by atomic mass is 19.4. The highest BCUT2D eigenvalue weighted by molar-refractivity contribution is 5.70. The van der Waals surface area contributed by atoms with E-state index in [1.54, 1.807) is 0 Å². The first-order valence-electron chi connectivity index (χ1n) is 4.13. The summed E-state index contributed by atoms with van der Waals surface area (Å²) in [5.74, 6) is -0.107. The van der Waals surface area contributed by atoms with E-state index in [0.29, 0.717) is 6.08 Å². The number of phenols is 1. The zero-order chi connectivity index (χ0) is 11.5. The van der Waals surface area contributed by atoms with Gasteiger partial charge < -0.3 is 10.2 Å². The number of alkyl halides is 3. The zero-order valence-corrected chi connectivity index (χ0v) is 7.62. The first kappa shape index (κ1) is 11.6. The first-order valence-corrected chi connectivity index (χ1v) is 4.13. The van der Waals surface area contributed by atoms with Crippen LogP contribution >= 0.6 is 0 Å². The van der Waals surface area contributed by atoms with E-state index in [-0.39, 0.29) is 11.3 Å². The van der Waals surface area contributed by atoms with Gasteiger partial charge in [-0.15, -0.1) is 0 Å². The van der Waals surface area contributed by atoms with Gasteiger partial charge in [0.05, 0.1) is 12.2 Å². The number of phenolic OH excluding ortho intramolecular Hbond substituents is 1. The van der Waals surface area contributed by atoms with Gasteiger partial charge in [-0.25, -0.2) is 0 Å².